The summed E-state index contributed by atoms with van der Waals surface area (Å²) >= 11 is 0. The summed E-state index contributed by atoms with van der Waals surface area (Å²) in [5, 5.41) is 13.2. The summed E-state index contributed by atoms with van der Waals surface area (Å²) in [7, 11) is 1.87. The molecular formula is C16H25N3O2. The number of benzene rings is 1. The van der Waals surface area contributed by atoms with Crippen LogP contribution < -0.4 is 11.1 Å². The van der Waals surface area contributed by atoms with E-state index in [9.17, 15) is 9.90 Å². The molecule has 1 saturated carbocycles. The van der Waals surface area contributed by atoms with Crippen LogP contribution in [0.1, 0.15) is 31.2 Å². The Balaban J connectivity index is 1.80. The van der Waals surface area contributed by atoms with Crippen LogP contribution in [0.3, 0.4) is 0 Å². The van der Waals surface area contributed by atoms with Gasteiger partial charge in [0.15, 0.2) is 0 Å². The highest BCUT2D eigenvalue weighted by atomic mass is 16.3. The molecule has 0 aromatic heterocycles. The zero-order chi connectivity index (χ0) is 15.3. The van der Waals surface area contributed by atoms with Gasteiger partial charge in [-0.1, -0.05) is 25.0 Å². The topological polar surface area (TPSA) is 78.6 Å². The highest BCUT2D eigenvalue weighted by molar-refractivity contribution is 5.92. The van der Waals surface area contributed by atoms with Crippen molar-refractivity contribution in [2.24, 2.45) is 5.73 Å². The van der Waals surface area contributed by atoms with E-state index in [1.165, 1.54) is 0 Å². The molecule has 5 heteroatoms. The van der Waals surface area contributed by atoms with Crippen molar-refractivity contribution in [3.63, 3.8) is 0 Å². The van der Waals surface area contributed by atoms with Crippen molar-refractivity contribution in [2.45, 2.75) is 37.8 Å². The lowest BCUT2D eigenvalue weighted by Crippen LogP contribution is -2.42. The monoisotopic (exact) mass is 291 g/mol. The van der Waals surface area contributed by atoms with E-state index >= 15 is 0 Å². The fourth-order valence-electron chi connectivity index (χ4n) is 2.92. The van der Waals surface area contributed by atoms with Gasteiger partial charge in [0.05, 0.1) is 12.1 Å². The van der Waals surface area contributed by atoms with Crippen molar-refractivity contribution < 1.29 is 9.90 Å². The Morgan fingerprint density at radius 3 is 2.52 bits per heavy atom. The maximum atomic E-state index is 12.0. The number of hydrogen-bond acceptors (Lipinski definition) is 4. The number of nitrogens with two attached hydrogens (primary N) is 1. The molecule has 1 amide bonds. The minimum absolute atomic E-state index is 0.0698. The second-order valence-corrected chi connectivity index (χ2v) is 6.05. The number of nitrogens with zero attached hydrogens (tertiary/aromatic N) is 1. The molecule has 0 radical (unpaired) electrons. The molecule has 1 fully saturated rings. The Morgan fingerprint density at radius 2 is 1.95 bits per heavy atom. The Labute approximate surface area is 126 Å². The normalized spacial score (nSPS) is 17.1. The molecule has 1 aliphatic carbocycles. The molecule has 0 unspecified atom stereocenters. The molecule has 0 bridgehead atoms. The summed E-state index contributed by atoms with van der Waals surface area (Å²) in [6.45, 7) is 1.32. The first kappa shape index (κ1) is 15.9. The lowest BCUT2D eigenvalue weighted by molar-refractivity contribution is -0.117. The van der Waals surface area contributed by atoms with Gasteiger partial charge in [-0.05, 0) is 37.6 Å². The van der Waals surface area contributed by atoms with Gasteiger partial charge in [0.2, 0.25) is 5.91 Å². The number of carbonyl (C=O) groups is 1. The second kappa shape index (κ2) is 7.02. The smallest absolute Gasteiger partial charge is 0.238 e. The van der Waals surface area contributed by atoms with Crippen molar-refractivity contribution in [2.75, 3.05) is 25.5 Å². The number of carbonyl (C=O) groups excluding carboxylic acids is 1. The zero-order valence-corrected chi connectivity index (χ0v) is 12.6. The maximum Gasteiger partial charge on any atom is 0.238 e. The summed E-state index contributed by atoms with van der Waals surface area (Å²) in [5.41, 5.74) is 6.73. The molecule has 0 spiro atoms. The predicted octanol–water partition coefficient (Wildman–Crippen LogP) is 1.32. The van der Waals surface area contributed by atoms with E-state index in [4.69, 9.17) is 5.73 Å². The third-order valence-electron chi connectivity index (χ3n) is 3.99. The van der Waals surface area contributed by atoms with Crippen LogP contribution in [0.5, 0.6) is 0 Å². The molecule has 2 rings (SSSR count). The molecule has 4 N–H and O–H groups in total. The van der Waals surface area contributed by atoms with Gasteiger partial charge in [-0.15, -0.1) is 0 Å². The Hall–Kier alpha value is -1.43. The van der Waals surface area contributed by atoms with Crippen molar-refractivity contribution in [3.05, 3.63) is 29.8 Å². The third kappa shape index (κ3) is 4.81. The van der Waals surface area contributed by atoms with Gasteiger partial charge in [0.25, 0.3) is 0 Å². The SMILES string of the molecule is CN(CC(=O)Nc1ccc(CN)cc1)CC1(O)CCCC1. The fraction of sp³-hybridized carbons (Fsp3) is 0.562. The quantitative estimate of drug-likeness (QED) is 0.738. The van der Waals surface area contributed by atoms with Crippen LogP contribution in [-0.2, 0) is 11.3 Å². The van der Waals surface area contributed by atoms with E-state index in [1.807, 2.05) is 36.2 Å². The minimum atomic E-state index is -0.613. The molecule has 0 heterocycles. The zero-order valence-electron chi connectivity index (χ0n) is 12.6. The van der Waals surface area contributed by atoms with E-state index in [0.29, 0.717) is 13.1 Å². The maximum absolute atomic E-state index is 12.0. The van der Waals surface area contributed by atoms with E-state index in [0.717, 1.165) is 36.9 Å². The molecular weight excluding hydrogens is 266 g/mol. The number of nitrogens with one attached hydrogen (secondary N) is 1. The van der Waals surface area contributed by atoms with Crippen molar-refractivity contribution in [1.82, 2.24) is 4.90 Å². The lowest BCUT2D eigenvalue weighted by atomic mass is 10.0. The first-order valence-electron chi connectivity index (χ1n) is 7.50. The van der Waals surface area contributed by atoms with E-state index in [1.54, 1.807) is 0 Å². The molecule has 1 aromatic rings. The van der Waals surface area contributed by atoms with Crippen LogP contribution in [0.15, 0.2) is 24.3 Å². The number of rotatable bonds is 6. The molecule has 0 atom stereocenters. The minimum Gasteiger partial charge on any atom is -0.389 e. The van der Waals surface area contributed by atoms with Crippen LogP contribution in [-0.4, -0.2) is 41.7 Å². The highest BCUT2D eigenvalue weighted by Gasteiger charge is 2.32. The third-order valence-corrected chi connectivity index (χ3v) is 3.99. The second-order valence-electron chi connectivity index (χ2n) is 6.05. The van der Waals surface area contributed by atoms with Gasteiger partial charge >= 0.3 is 0 Å². The Kier molecular flexibility index (Phi) is 5.33. The summed E-state index contributed by atoms with van der Waals surface area (Å²) < 4.78 is 0. The average molecular weight is 291 g/mol. The molecule has 0 saturated heterocycles. The number of hydrogen-bond donors (Lipinski definition) is 3. The molecule has 1 aromatic carbocycles. The van der Waals surface area contributed by atoms with Crippen molar-refractivity contribution in [3.8, 4) is 0 Å². The largest absolute Gasteiger partial charge is 0.389 e. The van der Waals surface area contributed by atoms with Crippen LogP contribution >= 0.6 is 0 Å². The van der Waals surface area contributed by atoms with E-state index in [-0.39, 0.29) is 12.5 Å². The standard InChI is InChI=1S/C16H25N3O2/c1-19(12-16(21)8-2-3-9-16)11-15(20)18-14-6-4-13(10-17)5-7-14/h4-7,21H,2-3,8-12,17H2,1H3,(H,18,20). The first-order valence-corrected chi connectivity index (χ1v) is 7.50. The number of anilines is 1. The van der Waals surface area contributed by atoms with Gasteiger partial charge < -0.3 is 16.2 Å². The van der Waals surface area contributed by atoms with Gasteiger partial charge in [-0.2, -0.15) is 0 Å². The summed E-state index contributed by atoms with van der Waals surface area (Å²) in [6, 6.07) is 7.51. The lowest BCUT2D eigenvalue weighted by Gasteiger charge is -2.28. The first-order chi connectivity index (χ1) is 10.0. The molecule has 116 valence electrons. The van der Waals surface area contributed by atoms with Gasteiger partial charge in [-0.25, -0.2) is 0 Å². The van der Waals surface area contributed by atoms with Crippen LogP contribution in [0, 0.1) is 0 Å². The van der Waals surface area contributed by atoms with Gasteiger partial charge in [0, 0.05) is 18.8 Å². The average Bonchev–Trinajstić information content (AvgIpc) is 2.85. The summed E-state index contributed by atoms with van der Waals surface area (Å²) in [4.78, 5) is 13.9. The van der Waals surface area contributed by atoms with Crippen LogP contribution in [0.25, 0.3) is 0 Å². The highest BCUT2D eigenvalue weighted by Crippen LogP contribution is 2.29. The van der Waals surface area contributed by atoms with Gasteiger partial charge in [0.1, 0.15) is 0 Å². The van der Waals surface area contributed by atoms with E-state index < -0.39 is 5.60 Å². The Morgan fingerprint density at radius 1 is 1.33 bits per heavy atom. The van der Waals surface area contributed by atoms with Crippen LogP contribution in [0.4, 0.5) is 5.69 Å². The predicted molar refractivity (Wildman–Crippen MR) is 83.9 cm³/mol. The van der Waals surface area contributed by atoms with Crippen molar-refractivity contribution >= 4 is 11.6 Å². The molecule has 21 heavy (non-hydrogen) atoms. The van der Waals surface area contributed by atoms with Crippen molar-refractivity contribution in [1.29, 1.82) is 0 Å². The molecule has 5 nitrogen and oxygen atoms in total. The van der Waals surface area contributed by atoms with E-state index in [2.05, 4.69) is 5.32 Å². The number of likely N-dealkylation sites (N-methyl/N-ethyl adjacent to an activating group) is 1. The Bertz CT molecular complexity index is 467. The summed E-state index contributed by atoms with van der Waals surface area (Å²) in [6.07, 6.45) is 3.81. The summed E-state index contributed by atoms with van der Waals surface area (Å²) in [5.74, 6) is -0.0698. The van der Waals surface area contributed by atoms with Gasteiger partial charge in [-0.3, -0.25) is 9.69 Å². The molecule has 0 aliphatic heterocycles. The van der Waals surface area contributed by atoms with Crippen LogP contribution in [0.2, 0.25) is 0 Å². The molecule has 1 aliphatic rings. The number of amides is 1. The fourth-order valence-corrected chi connectivity index (χ4v) is 2.92. The number of aliphatic hydroxyl groups is 1.